The highest BCUT2D eigenvalue weighted by molar-refractivity contribution is 5.22. The van der Waals surface area contributed by atoms with Crippen LogP contribution in [0.1, 0.15) is 36.7 Å². The van der Waals surface area contributed by atoms with Gasteiger partial charge >= 0.3 is 0 Å². The molecule has 1 aromatic heterocycles. The van der Waals surface area contributed by atoms with Crippen molar-refractivity contribution in [2.75, 3.05) is 0 Å². The summed E-state index contributed by atoms with van der Waals surface area (Å²) in [6.45, 7) is 6.26. The van der Waals surface area contributed by atoms with Crippen LogP contribution in [0.4, 0.5) is 0 Å². The van der Waals surface area contributed by atoms with Crippen molar-refractivity contribution in [3.8, 4) is 0 Å². The molecule has 102 valence electrons. The topological polar surface area (TPSA) is 38.0 Å². The van der Waals surface area contributed by atoms with E-state index in [-0.39, 0.29) is 6.10 Å². The van der Waals surface area contributed by atoms with Gasteiger partial charge in [0.15, 0.2) is 0 Å². The molecule has 3 heteroatoms. The summed E-state index contributed by atoms with van der Waals surface area (Å²) in [7, 11) is 0. The van der Waals surface area contributed by atoms with Crippen LogP contribution in [-0.2, 0) is 12.8 Å². The van der Waals surface area contributed by atoms with E-state index in [0.29, 0.717) is 18.9 Å². The maximum absolute atomic E-state index is 10.1. The van der Waals surface area contributed by atoms with E-state index in [1.807, 2.05) is 16.9 Å². The number of aromatic nitrogens is 2. The molecule has 3 nitrogen and oxygen atoms in total. The van der Waals surface area contributed by atoms with E-state index in [9.17, 15) is 5.11 Å². The highest BCUT2D eigenvalue weighted by atomic mass is 16.3. The first-order valence-corrected chi connectivity index (χ1v) is 6.82. The van der Waals surface area contributed by atoms with Gasteiger partial charge in [-0.25, -0.2) is 0 Å². The number of hydrogen-bond donors (Lipinski definition) is 1. The number of aliphatic hydroxyl groups excluding tert-OH is 1. The van der Waals surface area contributed by atoms with E-state index in [1.54, 1.807) is 0 Å². The van der Waals surface area contributed by atoms with Gasteiger partial charge in [-0.15, -0.1) is 0 Å². The standard InChI is InChI=1S/C16H22N2O/c1-12(2)18-9-8-15(17-18)11-16(19)10-14-6-4-13(3)5-7-14/h4-9,12,16,19H,10-11H2,1-3H3. The molecule has 2 rings (SSSR count). The van der Waals surface area contributed by atoms with Crippen LogP contribution in [0.25, 0.3) is 0 Å². The smallest absolute Gasteiger partial charge is 0.0650 e. The number of benzene rings is 1. The summed E-state index contributed by atoms with van der Waals surface area (Å²) in [6, 6.07) is 10.7. The lowest BCUT2D eigenvalue weighted by atomic mass is 10.0. The molecular formula is C16H22N2O. The fourth-order valence-corrected chi connectivity index (χ4v) is 2.08. The lowest BCUT2D eigenvalue weighted by Gasteiger charge is -2.09. The van der Waals surface area contributed by atoms with Gasteiger partial charge in [-0.3, -0.25) is 4.68 Å². The average Bonchev–Trinajstić information content (AvgIpc) is 2.80. The molecule has 0 fully saturated rings. The van der Waals surface area contributed by atoms with E-state index in [1.165, 1.54) is 11.1 Å². The molecule has 0 aliphatic rings. The molecule has 0 aliphatic heterocycles. The minimum atomic E-state index is -0.377. The first-order chi connectivity index (χ1) is 9.04. The Balaban J connectivity index is 1.93. The second kappa shape index (κ2) is 6.02. The monoisotopic (exact) mass is 258 g/mol. The molecule has 2 aromatic rings. The largest absolute Gasteiger partial charge is 0.392 e. The van der Waals surface area contributed by atoms with Gasteiger partial charge in [0.05, 0.1) is 11.8 Å². The summed E-state index contributed by atoms with van der Waals surface area (Å²) in [5.74, 6) is 0. The third kappa shape index (κ3) is 3.93. The second-order valence-corrected chi connectivity index (χ2v) is 5.43. The molecule has 0 saturated heterocycles. The maximum atomic E-state index is 10.1. The van der Waals surface area contributed by atoms with Crippen LogP contribution < -0.4 is 0 Å². The minimum absolute atomic E-state index is 0.364. The molecule has 1 aromatic carbocycles. The molecule has 0 spiro atoms. The highest BCUT2D eigenvalue weighted by Gasteiger charge is 2.10. The zero-order valence-corrected chi connectivity index (χ0v) is 11.9. The van der Waals surface area contributed by atoms with Crippen molar-refractivity contribution < 1.29 is 5.11 Å². The van der Waals surface area contributed by atoms with Crippen molar-refractivity contribution in [1.82, 2.24) is 9.78 Å². The van der Waals surface area contributed by atoms with Gasteiger partial charge in [-0.2, -0.15) is 5.10 Å². The normalized spacial score (nSPS) is 12.9. The summed E-state index contributed by atoms with van der Waals surface area (Å²) < 4.78 is 1.92. The molecule has 1 N–H and O–H groups in total. The third-order valence-electron chi connectivity index (χ3n) is 3.23. The molecule has 0 aliphatic carbocycles. The van der Waals surface area contributed by atoms with Crippen molar-refractivity contribution in [2.45, 2.75) is 45.8 Å². The Labute approximate surface area is 114 Å². The van der Waals surface area contributed by atoms with Gasteiger partial charge < -0.3 is 5.11 Å². The number of aliphatic hydroxyl groups is 1. The molecular weight excluding hydrogens is 236 g/mol. The SMILES string of the molecule is Cc1ccc(CC(O)Cc2ccn(C(C)C)n2)cc1. The zero-order valence-electron chi connectivity index (χ0n) is 11.9. The molecule has 0 saturated carbocycles. The van der Waals surface area contributed by atoms with Crippen molar-refractivity contribution >= 4 is 0 Å². The minimum Gasteiger partial charge on any atom is -0.392 e. The van der Waals surface area contributed by atoms with Crippen molar-refractivity contribution in [1.29, 1.82) is 0 Å². The van der Waals surface area contributed by atoms with E-state index in [0.717, 1.165) is 5.69 Å². The quantitative estimate of drug-likeness (QED) is 0.895. The highest BCUT2D eigenvalue weighted by Crippen LogP contribution is 2.10. The van der Waals surface area contributed by atoms with Crippen LogP contribution >= 0.6 is 0 Å². The predicted molar refractivity (Wildman–Crippen MR) is 77.2 cm³/mol. The Hall–Kier alpha value is -1.61. The lowest BCUT2D eigenvalue weighted by Crippen LogP contribution is -2.14. The molecule has 0 bridgehead atoms. The summed E-state index contributed by atoms with van der Waals surface area (Å²) in [4.78, 5) is 0. The summed E-state index contributed by atoms with van der Waals surface area (Å²) in [5.41, 5.74) is 3.36. The van der Waals surface area contributed by atoms with Gasteiger partial charge in [0.2, 0.25) is 0 Å². The van der Waals surface area contributed by atoms with Crippen LogP contribution in [0.3, 0.4) is 0 Å². The van der Waals surface area contributed by atoms with E-state index < -0.39 is 0 Å². The number of aryl methyl sites for hydroxylation is 1. The van der Waals surface area contributed by atoms with E-state index in [4.69, 9.17) is 0 Å². The summed E-state index contributed by atoms with van der Waals surface area (Å²) in [6.07, 6.45) is 2.87. The van der Waals surface area contributed by atoms with E-state index in [2.05, 4.69) is 50.1 Å². The Morgan fingerprint density at radius 3 is 2.37 bits per heavy atom. The zero-order chi connectivity index (χ0) is 13.8. The van der Waals surface area contributed by atoms with Crippen LogP contribution in [-0.4, -0.2) is 21.0 Å². The Morgan fingerprint density at radius 2 is 1.79 bits per heavy atom. The number of rotatable bonds is 5. The van der Waals surface area contributed by atoms with Gasteiger partial charge in [0.1, 0.15) is 0 Å². The van der Waals surface area contributed by atoms with Crippen LogP contribution in [0.2, 0.25) is 0 Å². The van der Waals surface area contributed by atoms with Gasteiger partial charge in [-0.05, 0) is 38.8 Å². The van der Waals surface area contributed by atoms with Crippen molar-refractivity contribution in [2.24, 2.45) is 0 Å². The predicted octanol–water partition coefficient (Wildman–Crippen LogP) is 2.92. The van der Waals surface area contributed by atoms with Crippen LogP contribution in [0.15, 0.2) is 36.5 Å². The Kier molecular flexibility index (Phi) is 4.38. The molecule has 19 heavy (non-hydrogen) atoms. The fraction of sp³-hybridized carbons (Fsp3) is 0.438. The van der Waals surface area contributed by atoms with Crippen molar-refractivity contribution in [3.05, 3.63) is 53.3 Å². The summed E-state index contributed by atoms with van der Waals surface area (Å²) >= 11 is 0. The van der Waals surface area contributed by atoms with Crippen LogP contribution in [0, 0.1) is 6.92 Å². The van der Waals surface area contributed by atoms with E-state index >= 15 is 0 Å². The first kappa shape index (κ1) is 13.8. The molecule has 0 radical (unpaired) electrons. The average molecular weight is 258 g/mol. The molecule has 1 heterocycles. The molecule has 1 unspecified atom stereocenters. The fourth-order valence-electron chi connectivity index (χ4n) is 2.08. The van der Waals surface area contributed by atoms with Gasteiger partial charge in [0.25, 0.3) is 0 Å². The molecule has 1 atom stereocenters. The van der Waals surface area contributed by atoms with Gasteiger partial charge in [-0.1, -0.05) is 29.8 Å². The molecule has 0 amide bonds. The van der Waals surface area contributed by atoms with Crippen LogP contribution in [0.5, 0.6) is 0 Å². The number of nitrogens with zero attached hydrogens (tertiary/aromatic N) is 2. The lowest BCUT2D eigenvalue weighted by molar-refractivity contribution is 0.174. The Morgan fingerprint density at radius 1 is 1.11 bits per heavy atom. The number of hydrogen-bond acceptors (Lipinski definition) is 2. The second-order valence-electron chi connectivity index (χ2n) is 5.43. The van der Waals surface area contributed by atoms with Crippen molar-refractivity contribution in [3.63, 3.8) is 0 Å². The first-order valence-electron chi connectivity index (χ1n) is 6.82. The van der Waals surface area contributed by atoms with Gasteiger partial charge in [0, 0.05) is 18.7 Å². The Bertz CT molecular complexity index is 514. The third-order valence-corrected chi connectivity index (χ3v) is 3.23. The maximum Gasteiger partial charge on any atom is 0.0650 e. The summed E-state index contributed by atoms with van der Waals surface area (Å²) in [5, 5.41) is 14.6.